The lowest BCUT2D eigenvalue weighted by atomic mass is 9.94. The molecule has 3 rings (SSSR count). The van der Waals surface area contributed by atoms with Crippen LogP contribution in [0, 0.1) is 0 Å². The second-order valence-electron chi connectivity index (χ2n) is 9.34. The lowest BCUT2D eigenvalue weighted by molar-refractivity contribution is -0.277. The molecule has 1 amide bonds. The minimum Gasteiger partial charge on any atom is -0.474 e. The van der Waals surface area contributed by atoms with Gasteiger partial charge in [-0.05, 0) is 46.1 Å². The molecule has 2 atom stereocenters. The van der Waals surface area contributed by atoms with E-state index in [2.05, 4.69) is 15.2 Å². The van der Waals surface area contributed by atoms with Crippen molar-refractivity contribution in [2.75, 3.05) is 11.9 Å². The molecule has 37 heavy (non-hydrogen) atoms. The Morgan fingerprint density at radius 3 is 2.43 bits per heavy atom. The predicted octanol–water partition coefficient (Wildman–Crippen LogP) is 4.56. The van der Waals surface area contributed by atoms with Gasteiger partial charge in [-0.2, -0.15) is 26.3 Å². The van der Waals surface area contributed by atoms with Crippen molar-refractivity contribution < 1.29 is 55.2 Å². The monoisotopic (exact) mass is 542 g/mol. The van der Waals surface area contributed by atoms with Crippen LogP contribution in [0.1, 0.15) is 57.9 Å². The second-order valence-corrected chi connectivity index (χ2v) is 9.34. The molecule has 2 unspecified atom stereocenters. The molecule has 0 aliphatic carbocycles. The van der Waals surface area contributed by atoms with Crippen molar-refractivity contribution in [3.63, 3.8) is 0 Å². The highest BCUT2D eigenvalue weighted by Gasteiger charge is 2.58. The molecule has 2 aromatic rings. The highest BCUT2D eigenvalue weighted by atomic mass is 19.4. The number of rotatable bonds is 1. The molecule has 16 heteroatoms. The number of amides is 1. The number of aromatic nitrogens is 3. The molecule has 2 aromatic heterocycles. The summed E-state index contributed by atoms with van der Waals surface area (Å²) in [7, 11) is 0. The Labute approximate surface area is 206 Å². The molecule has 0 spiro atoms. The van der Waals surface area contributed by atoms with Gasteiger partial charge in [0.15, 0.2) is 5.69 Å². The molecule has 3 heterocycles. The van der Waals surface area contributed by atoms with Gasteiger partial charge in [0, 0.05) is 0 Å². The van der Waals surface area contributed by atoms with Gasteiger partial charge in [-0.1, -0.05) is 6.42 Å². The molecule has 0 radical (unpaired) electrons. The number of ether oxygens (including phenoxy) is 2. The average Bonchev–Trinajstić information content (AvgIpc) is 3.22. The van der Waals surface area contributed by atoms with E-state index in [9.17, 15) is 41.4 Å². The van der Waals surface area contributed by atoms with Gasteiger partial charge in [0.2, 0.25) is 11.5 Å². The summed E-state index contributed by atoms with van der Waals surface area (Å²) >= 11 is 0. The summed E-state index contributed by atoms with van der Waals surface area (Å²) in [4.78, 5) is 16.0. The number of carbonyl (C=O) groups is 1. The Balaban J connectivity index is 2.21. The van der Waals surface area contributed by atoms with Crippen molar-refractivity contribution in [3.05, 3.63) is 17.5 Å². The van der Waals surface area contributed by atoms with E-state index in [4.69, 9.17) is 13.9 Å². The number of carbonyl (C=O) groups excluding carboxylic acids is 1. The molecule has 0 fully saturated rings. The standard InChI is InChI=1S/C21H24F6N4O6/c1-18(2,3)37-17(33)28-12-8-11(20(22,23)24)14-29-13(12)15-30-31-16(36-15)19(34,21(25,26)27)7-5-4-6-10(32)9-35-14/h8,10,32,34H,4-7,9H2,1-3H3,(H,28,33). The van der Waals surface area contributed by atoms with Gasteiger partial charge in [0.1, 0.15) is 17.8 Å². The normalized spacial score (nSPS) is 21.5. The second kappa shape index (κ2) is 9.96. The van der Waals surface area contributed by atoms with E-state index in [0.29, 0.717) is 6.07 Å². The number of nitrogens with zero attached hydrogens (tertiary/aromatic N) is 3. The number of alkyl halides is 6. The number of nitrogens with one attached hydrogen (secondary N) is 1. The summed E-state index contributed by atoms with van der Waals surface area (Å²) in [5.74, 6) is -3.18. The molecule has 3 N–H and O–H groups in total. The molecule has 0 saturated carbocycles. The van der Waals surface area contributed by atoms with Crippen LogP contribution < -0.4 is 10.1 Å². The maximum Gasteiger partial charge on any atom is 0.426 e. The first-order chi connectivity index (χ1) is 16.9. The summed E-state index contributed by atoms with van der Waals surface area (Å²) in [6, 6.07) is 0.402. The summed E-state index contributed by atoms with van der Waals surface area (Å²) in [5.41, 5.74) is -7.50. The fraction of sp³-hybridized carbons (Fsp3) is 0.619. The van der Waals surface area contributed by atoms with E-state index in [1.807, 2.05) is 5.32 Å². The highest BCUT2D eigenvalue weighted by Crippen LogP contribution is 2.44. The average molecular weight is 542 g/mol. The van der Waals surface area contributed by atoms with Crippen molar-refractivity contribution >= 4 is 11.8 Å². The van der Waals surface area contributed by atoms with E-state index in [1.54, 1.807) is 0 Å². The minimum absolute atomic E-state index is 0.0343. The molecule has 1 aliphatic heterocycles. The molecule has 4 bridgehead atoms. The van der Waals surface area contributed by atoms with Crippen LogP contribution in [0.25, 0.3) is 11.6 Å². The quantitative estimate of drug-likeness (QED) is 0.443. The summed E-state index contributed by atoms with van der Waals surface area (Å²) in [6.07, 6.45) is -14.2. The lowest BCUT2D eigenvalue weighted by Gasteiger charge is -2.27. The maximum absolute atomic E-state index is 13.8. The summed E-state index contributed by atoms with van der Waals surface area (Å²) < 4.78 is 98.0. The Bertz CT molecular complexity index is 1130. The Morgan fingerprint density at radius 2 is 1.84 bits per heavy atom. The highest BCUT2D eigenvalue weighted by molar-refractivity contribution is 5.89. The van der Waals surface area contributed by atoms with Crippen LogP contribution in [0.3, 0.4) is 0 Å². The number of aliphatic hydroxyl groups is 2. The van der Waals surface area contributed by atoms with Crippen molar-refractivity contribution in [2.45, 2.75) is 76.1 Å². The minimum atomic E-state index is -5.26. The van der Waals surface area contributed by atoms with Crippen LogP contribution in [0.4, 0.5) is 36.8 Å². The zero-order valence-electron chi connectivity index (χ0n) is 19.8. The fourth-order valence-corrected chi connectivity index (χ4v) is 3.36. The molecule has 1 aliphatic rings. The third-order valence-electron chi connectivity index (χ3n) is 5.12. The zero-order valence-corrected chi connectivity index (χ0v) is 19.8. The van der Waals surface area contributed by atoms with E-state index in [0.717, 1.165) is 0 Å². The molecule has 0 saturated heterocycles. The van der Waals surface area contributed by atoms with Crippen molar-refractivity contribution in [3.8, 4) is 17.5 Å². The number of aliphatic hydroxyl groups excluding tert-OH is 1. The number of pyridine rings is 1. The molecule has 0 aromatic carbocycles. The van der Waals surface area contributed by atoms with Gasteiger partial charge in [-0.15, -0.1) is 10.2 Å². The third-order valence-corrected chi connectivity index (χ3v) is 5.12. The van der Waals surface area contributed by atoms with E-state index >= 15 is 0 Å². The number of halogens is 6. The fourth-order valence-electron chi connectivity index (χ4n) is 3.36. The van der Waals surface area contributed by atoms with Crippen molar-refractivity contribution in [1.82, 2.24) is 15.2 Å². The van der Waals surface area contributed by atoms with Gasteiger partial charge in [0.05, 0.1) is 11.8 Å². The van der Waals surface area contributed by atoms with Gasteiger partial charge >= 0.3 is 18.4 Å². The van der Waals surface area contributed by atoms with Crippen LogP contribution in [0.15, 0.2) is 10.5 Å². The first-order valence-electron chi connectivity index (χ1n) is 11.0. The van der Waals surface area contributed by atoms with Crippen LogP contribution in [0.5, 0.6) is 5.88 Å². The largest absolute Gasteiger partial charge is 0.474 e. The SMILES string of the molecule is CC(C)(C)OC(=O)Nc1cc(C(F)(F)F)c2nc1-c1nnc(o1)C(O)(C(F)(F)F)CCCCC(O)CO2. The van der Waals surface area contributed by atoms with Gasteiger partial charge in [-0.3, -0.25) is 5.32 Å². The van der Waals surface area contributed by atoms with Crippen LogP contribution in [0.2, 0.25) is 0 Å². The topological polar surface area (TPSA) is 140 Å². The molecule has 10 nitrogen and oxygen atoms in total. The van der Waals surface area contributed by atoms with E-state index < -0.39 is 83.4 Å². The van der Waals surface area contributed by atoms with Crippen LogP contribution in [-0.2, 0) is 16.5 Å². The van der Waals surface area contributed by atoms with Gasteiger partial charge in [0.25, 0.3) is 11.8 Å². The molecular weight excluding hydrogens is 518 g/mol. The third kappa shape index (κ3) is 6.60. The van der Waals surface area contributed by atoms with Crippen LogP contribution in [-0.4, -0.2) is 56.0 Å². The molecular formula is C21H24F6N4O6. The summed E-state index contributed by atoms with van der Waals surface area (Å²) in [5, 5.41) is 29.2. The summed E-state index contributed by atoms with van der Waals surface area (Å²) in [6.45, 7) is 3.79. The van der Waals surface area contributed by atoms with Crippen molar-refractivity contribution in [1.29, 1.82) is 0 Å². The molecule has 206 valence electrons. The first-order valence-corrected chi connectivity index (χ1v) is 11.0. The van der Waals surface area contributed by atoms with Crippen LogP contribution >= 0.6 is 0 Å². The smallest absolute Gasteiger partial charge is 0.426 e. The van der Waals surface area contributed by atoms with Gasteiger partial charge in [-0.25, -0.2) is 9.78 Å². The maximum atomic E-state index is 13.8. The van der Waals surface area contributed by atoms with E-state index in [1.165, 1.54) is 20.8 Å². The first kappa shape index (κ1) is 28.4. The Kier molecular flexibility index (Phi) is 7.66. The lowest BCUT2D eigenvalue weighted by Crippen LogP contribution is -2.42. The van der Waals surface area contributed by atoms with Crippen molar-refractivity contribution in [2.24, 2.45) is 0 Å². The number of hydrogen-bond donors (Lipinski definition) is 3. The zero-order chi connectivity index (χ0) is 27.8. The Hall–Kier alpha value is -3.14. The van der Waals surface area contributed by atoms with E-state index in [-0.39, 0.29) is 19.3 Å². The van der Waals surface area contributed by atoms with Gasteiger partial charge < -0.3 is 24.1 Å². The number of hydrogen-bond acceptors (Lipinski definition) is 9. The number of anilines is 1. The number of fused-ring (bicyclic) bond motifs is 5. The Morgan fingerprint density at radius 1 is 1.16 bits per heavy atom. The predicted molar refractivity (Wildman–Crippen MR) is 112 cm³/mol.